The van der Waals surface area contributed by atoms with Crippen LogP contribution in [-0.4, -0.2) is 13.1 Å². The summed E-state index contributed by atoms with van der Waals surface area (Å²) in [6.07, 6.45) is 0. The van der Waals surface area contributed by atoms with E-state index in [9.17, 15) is 9.18 Å². The summed E-state index contributed by atoms with van der Waals surface area (Å²) in [6, 6.07) is 10.1. The Labute approximate surface area is 130 Å². The van der Waals surface area contributed by atoms with Gasteiger partial charge in [0, 0.05) is 16.7 Å². The fourth-order valence-corrected chi connectivity index (χ4v) is 2.30. The summed E-state index contributed by atoms with van der Waals surface area (Å²) >= 11 is 3.37. The highest BCUT2D eigenvalue weighted by molar-refractivity contribution is 9.10. The van der Waals surface area contributed by atoms with Gasteiger partial charge in [-0.2, -0.15) is 0 Å². The van der Waals surface area contributed by atoms with Crippen molar-refractivity contribution in [3.8, 4) is 0 Å². The molecule has 0 radical (unpaired) electrons. The van der Waals surface area contributed by atoms with Gasteiger partial charge in [0.1, 0.15) is 5.82 Å². The summed E-state index contributed by atoms with van der Waals surface area (Å²) in [5.74, 6) is -1.12. The Bertz CT molecular complexity index is 677. The van der Waals surface area contributed by atoms with Crippen LogP contribution in [0, 0.1) is 5.82 Å². The molecule has 0 amide bonds. The van der Waals surface area contributed by atoms with Crippen LogP contribution in [0.25, 0.3) is 0 Å². The number of hydrogen-bond acceptors (Lipinski definition) is 4. The molecular formula is C15H14BrFN2O2. The summed E-state index contributed by atoms with van der Waals surface area (Å²) in [5.41, 5.74) is 6.97. The number of ether oxygens (including phenoxy) is 1. The monoisotopic (exact) mass is 352 g/mol. The number of rotatable bonds is 4. The number of anilines is 2. The summed E-state index contributed by atoms with van der Waals surface area (Å²) < 4.78 is 19.4. The highest BCUT2D eigenvalue weighted by Gasteiger charge is 2.14. The van der Waals surface area contributed by atoms with Crippen LogP contribution in [0.2, 0.25) is 0 Å². The van der Waals surface area contributed by atoms with E-state index in [0.29, 0.717) is 6.54 Å². The largest absolute Gasteiger partial charge is 0.465 e. The molecule has 2 aromatic carbocycles. The van der Waals surface area contributed by atoms with E-state index in [-0.39, 0.29) is 16.9 Å². The molecule has 6 heteroatoms. The van der Waals surface area contributed by atoms with Crippen LogP contribution in [0.4, 0.5) is 15.8 Å². The standard InChI is InChI=1S/C15H14BrFN2O2/c1-21-15(20)11-6-14(12(17)7-13(11)18)19-8-9-3-2-4-10(16)5-9/h2-7,19H,8,18H2,1H3. The molecule has 110 valence electrons. The molecule has 0 heterocycles. The zero-order valence-electron chi connectivity index (χ0n) is 11.3. The minimum atomic E-state index is -0.599. The first-order valence-electron chi connectivity index (χ1n) is 6.17. The summed E-state index contributed by atoms with van der Waals surface area (Å²) in [5, 5.41) is 2.94. The number of esters is 1. The molecule has 0 spiro atoms. The maximum absolute atomic E-state index is 13.9. The van der Waals surface area contributed by atoms with Gasteiger partial charge < -0.3 is 15.8 Å². The Morgan fingerprint density at radius 2 is 2.14 bits per heavy atom. The molecular weight excluding hydrogens is 339 g/mol. The third-order valence-corrected chi connectivity index (χ3v) is 3.41. The van der Waals surface area contributed by atoms with E-state index in [1.54, 1.807) is 0 Å². The molecule has 0 saturated carbocycles. The van der Waals surface area contributed by atoms with Gasteiger partial charge in [-0.1, -0.05) is 28.1 Å². The van der Waals surface area contributed by atoms with Crippen molar-refractivity contribution in [1.82, 2.24) is 0 Å². The molecule has 21 heavy (non-hydrogen) atoms. The highest BCUT2D eigenvalue weighted by Crippen LogP contribution is 2.23. The first-order chi connectivity index (χ1) is 10.0. The number of nitrogen functional groups attached to an aromatic ring is 1. The van der Waals surface area contributed by atoms with Gasteiger partial charge in [0.05, 0.1) is 18.4 Å². The number of carbonyl (C=O) groups excluding carboxylic acids is 1. The zero-order chi connectivity index (χ0) is 15.4. The average Bonchev–Trinajstić information content (AvgIpc) is 2.45. The van der Waals surface area contributed by atoms with Gasteiger partial charge in [0.2, 0.25) is 0 Å². The van der Waals surface area contributed by atoms with Gasteiger partial charge >= 0.3 is 5.97 Å². The van der Waals surface area contributed by atoms with E-state index in [2.05, 4.69) is 26.0 Å². The molecule has 0 bridgehead atoms. The third-order valence-electron chi connectivity index (χ3n) is 2.92. The van der Waals surface area contributed by atoms with Crippen molar-refractivity contribution in [3.05, 3.63) is 57.8 Å². The molecule has 4 nitrogen and oxygen atoms in total. The molecule has 0 aromatic heterocycles. The normalized spacial score (nSPS) is 10.2. The number of nitrogens with one attached hydrogen (secondary N) is 1. The van der Waals surface area contributed by atoms with Crippen LogP contribution in [0.3, 0.4) is 0 Å². The topological polar surface area (TPSA) is 64.3 Å². The van der Waals surface area contributed by atoms with Crippen LogP contribution in [0.15, 0.2) is 40.9 Å². The van der Waals surface area contributed by atoms with Crippen molar-refractivity contribution in [1.29, 1.82) is 0 Å². The van der Waals surface area contributed by atoms with Crippen molar-refractivity contribution >= 4 is 33.3 Å². The molecule has 2 aromatic rings. The fraction of sp³-hybridized carbons (Fsp3) is 0.133. The Morgan fingerprint density at radius 1 is 1.38 bits per heavy atom. The van der Waals surface area contributed by atoms with Gasteiger partial charge in [0.15, 0.2) is 0 Å². The number of methoxy groups -OCH3 is 1. The third kappa shape index (κ3) is 3.72. The summed E-state index contributed by atoms with van der Waals surface area (Å²) in [7, 11) is 1.25. The van der Waals surface area contributed by atoms with Gasteiger partial charge in [-0.3, -0.25) is 0 Å². The number of nitrogens with two attached hydrogens (primary N) is 1. The van der Waals surface area contributed by atoms with Crippen LogP contribution < -0.4 is 11.1 Å². The Balaban J connectivity index is 2.21. The van der Waals surface area contributed by atoms with Crippen LogP contribution in [0.5, 0.6) is 0 Å². The number of hydrogen-bond donors (Lipinski definition) is 2. The lowest BCUT2D eigenvalue weighted by atomic mass is 10.1. The minimum Gasteiger partial charge on any atom is -0.465 e. The summed E-state index contributed by atoms with van der Waals surface area (Å²) in [6.45, 7) is 0.418. The van der Waals surface area contributed by atoms with Gasteiger partial charge in [0.25, 0.3) is 0 Å². The molecule has 0 unspecified atom stereocenters. The molecule has 3 N–H and O–H groups in total. The second-order valence-electron chi connectivity index (χ2n) is 4.39. The van der Waals surface area contributed by atoms with Crippen LogP contribution in [-0.2, 0) is 11.3 Å². The molecule has 0 aliphatic carbocycles. The van der Waals surface area contributed by atoms with E-state index in [4.69, 9.17) is 5.73 Å². The van der Waals surface area contributed by atoms with E-state index in [1.807, 2.05) is 24.3 Å². The lowest BCUT2D eigenvalue weighted by Crippen LogP contribution is -2.09. The molecule has 0 aliphatic heterocycles. The van der Waals surface area contributed by atoms with Crippen LogP contribution >= 0.6 is 15.9 Å². The Hall–Kier alpha value is -2.08. The zero-order valence-corrected chi connectivity index (χ0v) is 12.9. The molecule has 0 fully saturated rings. The first-order valence-corrected chi connectivity index (χ1v) is 6.96. The van der Waals surface area contributed by atoms with Crippen molar-refractivity contribution in [3.63, 3.8) is 0 Å². The molecule has 0 saturated heterocycles. The predicted molar refractivity (Wildman–Crippen MR) is 83.6 cm³/mol. The molecule has 2 rings (SSSR count). The van der Waals surface area contributed by atoms with Gasteiger partial charge in [-0.25, -0.2) is 9.18 Å². The van der Waals surface area contributed by atoms with Crippen LogP contribution in [0.1, 0.15) is 15.9 Å². The van der Waals surface area contributed by atoms with Crippen molar-refractivity contribution < 1.29 is 13.9 Å². The van der Waals surface area contributed by atoms with E-state index in [1.165, 1.54) is 13.2 Å². The lowest BCUT2D eigenvalue weighted by molar-refractivity contribution is 0.0602. The van der Waals surface area contributed by atoms with Crippen molar-refractivity contribution in [2.24, 2.45) is 0 Å². The minimum absolute atomic E-state index is 0.0485. The van der Waals surface area contributed by atoms with Crippen molar-refractivity contribution in [2.75, 3.05) is 18.2 Å². The SMILES string of the molecule is COC(=O)c1cc(NCc2cccc(Br)c2)c(F)cc1N. The quantitative estimate of drug-likeness (QED) is 0.652. The Morgan fingerprint density at radius 3 is 2.81 bits per heavy atom. The predicted octanol–water partition coefficient (Wildman–Crippen LogP) is 3.57. The van der Waals surface area contributed by atoms with E-state index in [0.717, 1.165) is 16.1 Å². The van der Waals surface area contributed by atoms with E-state index < -0.39 is 11.8 Å². The van der Waals surface area contributed by atoms with E-state index >= 15 is 0 Å². The molecule has 0 aliphatic rings. The Kier molecular flexibility index (Phi) is 4.80. The van der Waals surface area contributed by atoms with Gasteiger partial charge in [-0.05, 0) is 29.8 Å². The highest BCUT2D eigenvalue weighted by atomic mass is 79.9. The second-order valence-corrected chi connectivity index (χ2v) is 5.31. The number of halogens is 2. The fourth-order valence-electron chi connectivity index (χ4n) is 1.86. The maximum atomic E-state index is 13.9. The average molecular weight is 353 g/mol. The summed E-state index contributed by atoms with van der Waals surface area (Å²) in [4.78, 5) is 11.6. The maximum Gasteiger partial charge on any atom is 0.340 e. The second kappa shape index (κ2) is 6.58. The first kappa shape index (κ1) is 15.3. The number of carbonyl (C=O) groups is 1. The van der Waals surface area contributed by atoms with Gasteiger partial charge in [-0.15, -0.1) is 0 Å². The molecule has 0 atom stereocenters. The van der Waals surface area contributed by atoms with Crippen molar-refractivity contribution in [2.45, 2.75) is 6.54 Å². The lowest BCUT2D eigenvalue weighted by Gasteiger charge is -2.11. The number of benzene rings is 2. The smallest absolute Gasteiger partial charge is 0.340 e.